The van der Waals surface area contributed by atoms with Crippen molar-refractivity contribution in [1.82, 2.24) is 25.0 Å². The van der Waals surface area contributed by atoms with Gasteiger partial charge >= 0.3 is 0 Å². The van der Waals surface area contributed by atoms with Crippen molar-refractivity contribution in [3.8, 4) is 5.69 Å². The standard InChI is InChI=1S/C22H25N7O3/c1-26-9-3-10-27(13-12-26)21-7-6-17(15-23-21)16-24-22(30)20-8-11-28(25-20)18-4-2-5-19(14-18)29(31)32/h2,4-8,11,14-15H,3,9-10,12-13,16H2,1H3,(H,24,30). The molecule has 1 aromatic carbocycles. The SMILES string of the molecule is CN1CCCN(c2ccc(CNC(=O)c3ccn(-c4cccc([N+](=O)[O-])c4)n3)cn2)CC1. The summed E-state index contributed by atoms with van der Waals surface area (Å²) in [5.41, 5.74) is 1.60. The summed E-state index contributed by atoms with van der Waals surface area (Å²) < 4.78 is 1.44. The van der Waals surface area contributed by atoms with Gasteiger partial charge in [-0.3, -0.25) is 14.9 Å². The second-order valence-electron chi connectivity index (χ2n) is 7.77. The number of pyridine rings is 1. The van der Waals surface area contributed by atoms with E-state index in [0.717, 1.165) is 44.0 Å². The molecule has 1 N–H and O–H groups in total. The lowest BCUT2D eigenvalue weighted by atomic mass is 10.2. The number of carbonyl (C=O) groups excluding carboxylic acids is 1. The lowest BCUT2D eigenvalue weighted by molar-refractivity contribution is -0.384. The third-order valence-corrected chi connectivity index (χ3v) is 5.43. The fourth-order valence-electron chi connectivity index (χ4n) is 3.59. The molecule has 32 heavy (non-hydrogen) atoms. The highest BCUT2D eigenvalue weighted by molar-refractivity contribution is 5.92. The highest BCUT2D eigenvalue weighted by atomic mass is 16.6. The molecule has 10 nitrogen and oxygen atoms in total. The fraction of sp³-hybridized carbons (Fsp3) is 0.318. The van der Waals surface area contributed by atoms with E-state index >= 15 is 0 Å². The van der Waals surface area contributed by atoms with Crippen LogP contribution in [0.3, 0.4) is 0 Å². The fourth-order valence-corrected chi connectivity index (χ4v) is 3.59. The number of hydrogen-bond acceptors (Lipinski definition) is 7. The number of amides is 1. The van der Waals surface area contributed by atoms with Gasteiger partial charge in [0.1, 0.15) is 5.82 Å². The number of carbonyl (C=O) groups is 1. The Bertz CT molecular complexity index is 1100. The van der Waals surface area contributed by atoms with E-state index < -0.39 is 4.92 Å². The molecular weight excluding hydrogens is 410 g/mol. The third-order valence-electron chi connectivity index (χ3n) is 5.43. The number of aromatic nitrogens is 3. The largest absolute Gasteiger partial charge is 0.355 e. The molecule has 0 atom stereocenters. The van der Waals surface area contributed by atoms with Gasteiger partial charge < -0.3 is 15.1 Å². The van der Waals surface area contributed by atoms with E-state index in [1.807, 2.05) is 12.1 Å². The number of nitrogens with one attached hydrogen (secondary N) is 1. The maximum Gasteiger partial charge on any atom is 0.272 e. The Morgan fingerprint density at radius 3 is 2.81 bits per heavy atom. The molecular formula is C22H25N7O3. The molecule has 1 aliphatic heterocycles. The van der Waals surface area contributed by atoms with Crippen LogP contribution in [0.2, 0.25) is 0 Å². The molecule has 0 saturated carbocycles. The molecule has 166 valence electrons. The Labute approximate surface area is 185 Å². The van der Waals surface area contributed by atoms with Crippen molar-refractivity contribution >= 4 is 17.4 Å². The lowest BCUT2D eigenvalue weighted by Gasteiger charge is -2.21. The number of nitrogens with zero attached hydrogens (tertiary/aromatic N) is 6. The van der Waals surface area contributed by atoms with Gasteiger partial charge in [-0.1, -0.05) is 12.1 Å². The highest BCUT2D eigenvalue weighted by Crippen LogP contribution is 2.17. The molecule has 2 aromatic heterocycles. The van der Waals surface area contributed by atoms with E-state index in [-0.39, 0.29) is 17.3 Å². The minimum Gasteiger partial charge on any atom is -0.355 e. The molecule has 1 fully saturated rings. The second kappa shape index (κ2) is 9.56. The first kappa shape index (κ1) is 21.4. The lowest BCUT2D eigenvalue weighted by Crippen LogP contribution is -2.29. The number of nitro groups is 1. The van der Waals surface area contributed by atoms with E-state index in [4.69, 9.17) is 0 Å². The van der Waals surface area contributed by atoms with Crippen LogP contribution >= 0.6 is 0 Å². The average molecular weight is 435 g/mol. The van der Waals surface area contributed by atoms with Crippen LogP contribution in [0, 0.1) is 10.1 Å². The summed E-state index contributed by atoms with van der Waals surface area (Å²) in [6.07, 6.45) is 4.49. The van der Waals surface area contributed by atoms with E-state index in [0.29, 0.717) is 12.2 Å². The van der Waals surface area contributed by atoms with Crippen molar-refractivity contribution in [3.63, 3.8) is 0 Å². The summed E-state index contributed by atoms with van der Waals surface area (Å²) >= 11 is 0. The highest BCUT2D eigenvalue weighted by Gasteiger charge is 2.15. The number of benzene rings is 1. The molecule has 3 aromatic rings. The zero-order valence-electron chi connectivity index (χ0n) is 17.8. The molecule has 1 amide bonds. The monoisotopic (exact) mass is 435 g/mol. The summed E-state index contributed by atoms with van der Waals surface area (Å²) in [6, 6.07) is 11.6. The minimum atomic E-state index is -0.467. The molecule has 0 unspecified atom stereocenters. The first-order valence-electron chi connectivity index (χ1n) is 10.5. The summed E-state index contributed by atoms with van der Waals surface area (Å²) in [6.45, 7) is 4.38. The Hall–Kier alpha value is -3.79. The van der Waals surface area contributed by atoms with Crippen LogP contribution in [0.15, 0.2) is 54.9 Å². The average Bonchev–Trinajstić information content (AvgIpc) is 3.21. The number of rotatable bonds is 6. The number of hydrogen-bond donors (Lipinski definition) is 1. The van der Waals surface area contributed by atoms with E-state index in [2.05, 4.69) is 32.2 Å². The third kappa shape index (κ3) is 5.09. The molecule has 10 heteroatoms. The molecule has 0 bridgehead atoms. The van der Waals surface area contributed by atoms with Crippen LogP contribution < -0.4 is 10.2 Å². The van der Waals surface area contributed by atoms with Gasteiger partial charge in [0, 0.05) is 50.7 Å². The van der Waals surface area contributed by atoms with Crippen molar-refractivity contribution in [2.24, 2.45) is 0 Å². The van der Waals surface area contributed by atoms with Crippen molar-refractivity contribution in [2.45, 2.75) is 13.0 Å². The van der Waals surface area contributed by atoms with Gasteiger partial charge in [0.15, 0.2) is 5.69 Å². The summed E-state index contributed by atoms with van der Waals surface area (Å²) in [4.78, 5) is 32.2. The van der Waals surface area contributed by atoms with E-state index in [1.165, 1.54) is 16.8 Å². The Morgan fingerprint density at radius 1 is 1.16 bits per heavy atom. The van der Waals surface area contributed by atoms with Crippen LogP contribution in [0.5, 0.6) is 0 Å². The van der Waals surface area contributed by atoms with Gasteiger partial charge in [0.25, 0.3) is 11.6 Å². The molecule has 1 saturated heterocycles. The van der Waals surface area contributed by atoms with Gasteiger partial charge in [0.2, 0.25) is 0 Å². The van der Waals surface area contributed by atoms with Gasteiger partial charge in [-0.05, 0) is 43.8 Å². The minimum absolute atomic E-state index is 0.0351. The number of non-ortho nitro benzene ring substituents is 1. The quantitative estimate of drug-likeness (QED) is 0.467. The van der Waals surface area contributed by atoms with Crippen molar-refractivity contribution in [3.05, 3.63) is 76.2 Å². The van der Waals surface area contributed by atoms with Crippen molar-refractivity contribution < 1.29 is 9.72 Å². The Kier molecular flexibility index (Phi) is 6.41. The topological polar surface area (TPSA) is 109 Å². The van der Waals surface area contributed by atoms with Crippen LogP contribution in [0.25, 0.3) is 5.69 Å². The Balaban J connectivity index is 1.35. The summed E-state index contributed by atoms with van der Waals surface area (Å²) in [7, 11) is 2.13. The number of anilines is 1. The van der Waals surface area contributed by atoms with Gasteiger partial charge in [-0.25, -0.2) is 9.67 Å². The number of likely N-dealkylation sites (N-methyl/N-ethyl adjacent to an activating group) is 1. The van der Waals surface area contributed by atoms with Gasteiger partial charge in [-0.15, -0.1) is 0 Å². The zero-order chi connectivity index (χ0) is 22.5. The first-order chi connectivity index (χ1) is 15.5. The maximum atomic E-state index is 12.5. The molecule has 0 radical (unpaired) electrons. The summed E-state index contributed by atoms with van der Waals surface area (Å²) in [5.74, 6) is 0.625. The van der Waals surface area contributed by atoms with Crippen molar-refractivity contribution in [2.75, 3.05) is 38.1 Å². The predicted molar refractivity (Wildman–Crippen MR) is 120 cm³/mol. The van der Waals surface area contributed by atoms with Crippen LogP contribution in [0.4, 0.5) is 11.5 Å². The van der Waals surface area contributed by atoms with Crippen LogP contribution in [-0.2, 0) is 6.54 Å². The molecule has 1 aliphatic rings. The normalized spacial score (nSPS) is 14.7. The summed E-state index contributed by atoms with van der Waals surface area (Å²) in [5, 5.41) is 18.0. The van der Waals surface area contributed by atoms with Crippen molar-refractivity contribution in [1.29, 1.82) is 0 Å². The molecule has 0 aliphatic carbocycles. The van der Waals surface area contributed by atoms with Gasteiger partial charge in [0.05, 0.1) is 10.6 Å². The second-order valence-corrected chi connectivity index (χ2v) is 7.77. The maximum absolute atomic E-state index is 12.5. The first-order valence-corrected chi connectivity index (χ1v) is 10.5. The number of nitro benzene ring substituents is 1. The van der Waals surface area contributed by atoms with E-state index in [9.17, 15) is 14.9 Å². The zero-order valence-corrected chi connectivity index (χ0v) is 17.8. The van der Waals surface area contributed by atoms with Gasteiger partial charge in [-0.2, -0.15) is 5.10 Å². The molecule has 4 rings (SSSR count). The van der Waals surface area contributed by atoms with Crippen LogP contribution in [0.1, 0.15) is 22.5 Å². The van der Waals surface area contributed by atoms with E-state index in [1.54, 1.807) is 30.6 Å². The smallest absolute Gasteiger partial charge is 0.272 e. The molecule has 0 spiro atoms. The predicted octanol–water partition coefficient (Wildman–Crippen LogP) is 2.25. The molecule has 3 heterocycles. The van der Waals surface area contributed by atoms with Crippen LogP contribution in [-0.4, -0.2) is 63.7 Å². The Morgan fingerprint density at radius 2 is 2.03 bits per heavy atom.